The van der Waals surface area contributed by atoms with Crippen LogP contribution >= 0.6 is 0 Å². The molecule has 1 aliphatic rings. The van der Waals surface area contributed by atoms with Crippen molar-refractivity contribution in [2.75, 3.05) is 19.7 Å². The summed E-state index contributed by atoms with van der Waals surface area (Å²) in [6.45, 7) is 3.31. The lowest BCUT2D eigenvalue weighted by Crippen LogP contribution is -2.36. The maximum absolute atomic E-state index is 11.2. The molecule has 0 aromatic heterocycles. The predicted octanol–water partition coefficient (Wildman–Crippen LogP) is 1.87. The van der Waals surface area contributed by atoms with Crippen molar-refractivity contribution in [1.29, 1.82) is 0 Å². The third-order valence-corrected chi connectivity index (χ3v) is 3.31. The molecule has 0 bridgehead atoms. The van der Waals surface area contributed by atoms with Gasteiger partial charge in [0.2, 0.25) is 0 Å². The van der Waals surface area contributed by atoms with Crippen LogP contribution in [-0.4, -0.2) is 29.5 Å². The van der Waals surface area contributed by atoms with Crippen LogP contribution in [0.3, 0.4) is 0 Å². The van der Waals surface area contributed by atoms with Gasteiger partial charge in [-0.3, -0.25) is 10.1 Å². The van der Waals surface area contributed by atoms with Crippen LogP contribution in [0.15, 0.2) is 53.7 Å². The van der Waals surface area contributed by atoms with Crippen LogP contribution in [0.5, 0.6) is 0 Å². The molecular formula is C15H19N3O3. The highest BCUT2D eigenvalue weighted by Gasteiger charge is 2.30. The van der Waals surface area contributed by atoms with E-state index in [1.807, 2.05) is 30.3 Å². The van der Waals surface area contributed by atoms with E-state index in [-0.39, 0.29) is 17.3 Å². The Kier molecular flexibility index (Phi) is 4.81. The monoisotopic (exact) mass is 289 g/mol. The summed E-state index contributed by atoms with van der Waals surface area (Å²) >= 11 is 0. The van der Waals surface area contributed by atoms with Gasteiger partial charge in [-0.15, -0.1) is 0 Å². The van der Waals surface area contributed by atoms with Crippen LogP contribution in [-0.2, 0) is 11.2 Å². The van der Waals surface area contributed by atoms with Gasteiger partial charge in [0.1, 0.15) is 0 Å². The van der Waals surface area contributed by atoms with Crippen LogP contribution in [0.4, 0.5) is 0 Å². The van der Waals surface area contributed by atoms with Crippen LogP contribution < -0.4 is 5.73 Å². The van der Waals surface area contributed by atoms with E-state index in [0.29, 0.717) is 19.7 Å². The van der Waals surface area contributed by atoms with Crippen LogP contribution in [0.1, 0.15) is 12.5 Å². The Morgan fingerprint density at radius 1 is 1.38 bits per heavy atom. The van der Waals surface area contributed by atoms with E-state index in [9.17, 15) is 10.1 Å². The first-order chi connectivity index (χ1) is 10.1. The largest absolute Gasteiger partial charge is 0.487 e. The Hall–Kier alpha value is -2.50. The number of ether oxygens (including phenoxy) is 1. The van der Waals surface area contributed by atoms with Gasteiger partial charge < -0.3 is 15.4 Å². The second-order valence-corrected chi connectivity index (χ2v) is 4.67. The van der Waals surface area contributed by atoms with E-state index in [1.165, 1.54) is 5.56 Å². The highest BCUT2D eigenvalue weighted by atomic mass is 16.6. The van der Waals surface area contributed by atoms with Gasteiger partial charge in [0.25, 0.3) is 0 Å². The molecule has 6 nitrogen and oxygen atoms in total. The summed E-state index contributed by atoms with van der Waals surface area (Å²) in [5, 5.41) is 11.2. The zero-order valence-electron chi connectivity index (χ0n) is 12.0. The third-order valence-electron chi connectivity index (χ3n) is 3.31. The fraction of sp³-hybridized carbons (Fsp3) is 0.333. The average molecular weight is 289 g/mol. The summed E-state index contributed by atoms with van der Waals surface area (Å²) in [7, 11) is 0. The van der Waals surface area contributed by atoms with Crippen molar-refractivity contribution in [3.05, 3.63) is 69.4 Å². The minimum Gasteiger partial charge on any atom is -0.487 e. The van der Waals surface area contributed by atoms with Crippen molar-refractivity contribution >= 4 is 0 Å². The van der Waals surface area contributed by atoms with Gasteiger partial charge in [-0.05, 0) is 25.0 Å². The molecule has 6 heteroatoms. The summed E-state index contributed by atoms with van der Waals surface area (Å²) in [5.74, 6) is 0.429. The molecule has 1 heterocycles. The van der Waals surface area contributed by atoms with Crippen molar-refractivity contribution in [2.45, 2.75) is 13.3 Å². The second-order valence-electron chi connectivity index (χ2n) is 4.67. The van der Waals surface area contributed by atoms with Gasteiger partial charge >= 0.3 is 5.70 Å². The first kappa shape index (κ1) is 14.9. The van der Waals surface area contributed by atoms with E-state index in [1.54, 1.807) is 17.9 Å². The Morgan fingerprint density at radius 2 is 2.10 bits per heavy atom. The highest BCUT2D eigenvalue weighted by Crippen LogP contribution is 2.22. The molecule has 2 rings (SSSR count). The second kappa shape index (κ2) is 6.78. The van der Waals surface area contributed by atoms with Crippen molar-refractivity contribution < 1.29 is 9.66 Å². The molecule has 1 aromatic rings. The number of benzene rings is 1. The molecule has 0 aliphatic carbocycles. The lowest BCUT2D eigenvalue weighted by Gasteiger charge is -2.27. The SMILES string of the molecule is CCOC1=CCN(CCc2ccccc2)C(N)=C1[N+](=O)[O-]. The maximum Gasteiger partial charge on any atom is 0.350 e. The maximum atomic E-state index is 11.2. The van der Waals surface area contributed by atoms with Gasteiger partial charge in [-0.25, -0.2) is 0 Å². The molecular weight excluding hydrogens is 270 g/mol. The summed E-state index contributed by atoms with van der Waals surface area (Å²) in [6, 6.07) is 9.96. The fourth-order valence-corrected chi connectivity index (χ4v) is 2.25. The molecule has 0 saturated carbocycles. The van der Waals surface area contributed by atoms with Crippen molar-refractivity contribution in [3.8, 4) is 0 Å². The molecule has 0 atom stereocenters. The molecule has 0 unspecified atom stereocenters. The third kappa shape index (κ3) is 3.53. The zero-order chi connectivity index (χ0) is 15.2. The predicted molar refractivity (Wildman–Crippen MR) is 79.6 cm³/mol. The van der Waals surface area contributed by atoms with E-state index in [0.717, 1.165) is 6.42 Å². The lowest BCUT2D eigenvalue weighted by molar-refractivity contribution is -0.427. The molecule has 112 valence electrons. The smallest absolute Gasteiger partial charge is 0.350 e. The first-order valence-corrected chi connectivity index (χ1v) is 6.89. The van der Waals surface area contributed by atoms with Gasteiger partial charge in [-0.2, -0.15) is 0 Å². The molecule has 1 aliphatic heterocycles. The fourth-order valence-electron chi connectivity index (χ4n) is 2.25. The topological polar surface area (TPSA) is 81.6 Å². The number of nitrogens with two attached hydrogens (primary N) is 1. The van der Waals surface area contributed by atoms with Gasteiger partial charge in [0, 0.05) is 13.1 Å². The van der Waals surface area contributed by atoms with Crippen LogP contribution in [0.2, 0.25) is 0 Å². The summed E-state index contributed by atoms with van der Waals surface area (Å²) < 4.78 is 5.29. The van der Waals surface area contributed by atoms with Crippen LogP contribution in [0, 0.1) is 10.1 Å². The molecule has 21 heavy (non-hydrogen) atoms. The number of hydrogen-bond donors (Lipinski definition) is 1. The quantitative estimate of drug-likeness (QED) is 0.638. The number of hydrogen-bond acceptors (Lipinski definition) is 5. The Bertz CT molecular complexity index is 567. The van der Waals surface area contributed by atoms with Gasteiger partial charge in [0.05, 0.1) is 11.5 Å². The van der Waals surface area contributed by atoms with E-state index >= 15 is 0 Å². The van der Waals surface area contributed by atoms with Crippen molar-refractivity contribution in [3.63, 3.8) is 0 Å². The van der Waals surface area contributed by atoms with E-state index in [2.05, 4.69) is 0 Å². The lowest BCUT2D eigenvalue weighted by atomic mass is 10.1. The minimum absolute atomic E-state index is 0.142. The number of nitro groups is 1. The molecule has 0 saturated heterocycles. The normalized spacial score (nSPS) is 14.9. The van der Waals surface area contributed by atoms with Gasteiger partial charge in [0.15, 0.2) is 11.6 Å². The Balaban J connectivity index is 2.10. The Labute approximate surface area is 123 Å². The van der Waals surface area contributed by atoms with E-state index in [4.69, 9.17) is 10.5 Å². The number of nitrogens with zero attached hydrogens (tertiary/aromatic N) is 2. The summed E-state index contributed by atoms with van der Waals surface area (Å²) in [6.07, 6.45) is 2.49. The molecule has 1 aromatic carbocycles. The van der Waals surface area contributed by atoms with Crippen LogP contribution in [0.25, 0.3) is 0 Å². The van der Waals surface area contributed by atoms with E-state index < -0.39 is 4.92 Å². The summed E-state index contributed by atoms with van der Waals surface area (Å²) in [4.78, 5) is 12.5. The van der Waals surface area contributed by atoms with Crippen molar-refractivity contribution in [1.82, 2.24) is 4.90 Å². The molecule has 0 fully saturated rings. The first-order valence-electron chi connectivity index (χ1n) is 6.89. The molecule has 0 radical (unpaired) electrons. The number of rotatable bonds is 6. The molecule has 0 amide bonds. The average Bonchev–Trinajstić information content (AvgIpc) is 2.47. The Morgan fingerprint density at radius 3 is 2.71 bits per heavy atom. The highest BCUT2D eigenvalue weighted by molar-refractivity contribution is 5.28. The zero-order valence-corrected chi connectivity index (χ0v) is 12.0. The molecule has 0 spiro atoms. The van der Waals surface area contributed by atoms with Gasteiger partial charge in [-0.1, -0.05) is 30.3 Å². The molecule has 2 N–H and O–H groups in total. The summed E-state index contributed by atoms with van der Waals surface area (Å²) in [5.41, 5.74) is 6.98. The minimum atomic E-state index is -0.481. The van der Waals surface area contributed by atoms with Crippen molar-refractivity contribution in [2.24, 2.45) is 5.73 Å². The standard InChI is InChI=1S/C15H19N3O3/c1-2-21-13-9-11-17(15(16)14(13)18(19)20)10-8-12-6-4-3-5-7-12/h3-7,9H,2,8,10-11,16H2,1H3.